The highest BCUT2D eigenvalue weighted by atomic mass is 32.2. The molecule has 2 aromatic rings. The molecule has 1 aromatic heterocycles. The molecule has 6 nitrogen and oxygen atoms in total. The third kappa shape index (κ3) is 4.93. The van der Waals surface area contributed by atoms with Crippen LogP contribution in [0.4, 0.5) is 5.69 Å². The van der Waals surface area contributed by atoms with E-state index < -0.39 is 16.1 Å². The first-order valence-electron chi connectivity index (χ1n) is 9.96. The third-order valence-corrected chi connectivity index (χ3v) is 8.52. The Kier molecular flexibility index (Phi) is 7.18. The quantitative estimate of drug-likeness (QED) is 0.661. The lowest BCUT2D eigenvalue weighted by atomic mass is 10.1. The second kappa shape index (κ2) is 9.63. The van der Waals surface area contributed by atoms with Gasteiger partial charge in [-0.3, -0.25) is 4.79 Å². The van der Waals surface area contributed by atoms with Crippen LogP contribution >= 0.6 is 11.3 Å². The Morgan fingerprint density at radius 1 is 1.14 bits per heavy atom. The number of anilines is 1. The number of carbonyl (C=O) groups is 1. The first-order valence-corrected chi connectivity index (χ1v) is 12.3. The molecular formula is C21H28N2O4S2. The molecule has 1 unspecified atom stereocenters. The molecule has 1 aliphatic rings. The van der Waals surface area contributed by atoms with Gasteiger partial charge in [-0.1, -0.05) is 43.9 Å². The zero-order valence-electron chi connectivity index (χ0n) is 16.8. The maximum absolute atomic E-state index is 13.5. The molecule has 0 radical (unpaired) electrons. The van der Waals surface area contributed by atoms with Crippen LogP contribution in [0.2, 0.25) is 0 Å². The minimum absolute atomic E-state index is 0.0939. The normalized spacial score (nSPS) is 16.6. The van der Waals surface area contributed by atoms with Gasteiger partial charge in [0, 0.05) is 6.04 Å². The van der Waals surface area contributed by atoms with Gasteiger partial charge in [0.15, 0.2) is 0 Å². The molecule has 1 atom stereocenters. The van der Waals surface area contributed by atoms with Gasteiger partial charge in [0.1, 0.15) is 16.0 Å². The first kappa shape index (κ1) is 21.6. The fourth-order valence-corrected chi connectivity index (χ4v) is 6.43. The van der Waals surface area contributed by atoms with E-state index >= 15 is 0 Å². The van der Waals surface area contributed by atoms with Crippen molar-refractivity contribution in [3.05, 3.63) is 41.8 Å². The van der Waals surface area contributed by atoms with Crippen LogP contribution < -0.4 is 14.4 Å². The second-order valence-electron chi connectivity index (χ2n) is 7.28. The topological polar surface area (TPSA) is 75.7 Å². The molecule has 1 saturated carbocycles. The van der Waals surface area contributed by atoms with Crippen LogP contribution in [-0.4, -0.2) is 33.5 Å². The molecule has 8 heteroatoms. The van der Waals surface area contributed by atoms with Crippen molar-refractivity contribution in [2.45, 2.75) is 61.7 Å². The lowest BCUT2D eigenvalue weighted by Crippen LogP contribution is -2.50. The number of sulfonamides is 1. The van der Waals surface area contributed by atoms with Gasteiger partial charge in [-0.2, -0.15) is 0 Å². The van der Waals surface area contributed by atoms with E-state index in [9.17, 15) is 13.2 Å². The number of rotatable bonds is 7. The van der Waals surface area contributed by atoms with Crippen molar-refractivity contribution in [2.24, 2.45) is 0 Å². The molecule has 158 valence electrons. The highest BCUT2D eigenvalue weighted by molar-refractivity contribution is 7.94. The summed E-state index contributed by atoms with van der Waals surface area (Å²) in [5.41, 5.74) is 0.354. The number of amides is 1. The molecule has 0 aliphatic heterocycles. The second-order valence-corrected chi connectivity index (χ2v) is 10.3. The SMILES string of the molecule is COc1ccccc1N(C(C)C(=O)NC1CCCCCC1)S(=O)(=O)c1cccs1. The van der Waals surface area contributed by atoms with E-state index in [0.29, 0.717) is 11.4 Å². The molecule has 1 amide bonds. The number of ether oxygens (including phenoxy) is 1. The lowest BCUT2D eigenvalue weighted by Gasteiger charge is -2.31. The summed E-state index contributed by atoms with van der Waals surface area (Å²) < 4.78 is 33.7. The van der Waals surface area contributed by atoms with E-state index in [4.69, 9.17) is 4.74 Å². The van der Waals surface area contributed by atoms with Gasteiger partial charge in [0.25, 0.3) is 10.0 Å². The number of methoxy groups -OCH3 is 1. The van der Waals surface area contributed by atoms with Gasteiger partial charge in [-0.05, 0) is 43.3 Å². The van der Waals surface area contributed by atoms with Gasteiger partial charge in [-0.25, -0.2) is 12.7 Å². The number of hydrogen-bond acceptors (Lipinski definition) is 5. The maximum atomic E-state index is 13.5. The van der Waals surface area contributed by atoms with Crippen molar-refractivity contribution in [1.29, 1.82) is 0 Å². The monoisotopic (exact) mass is 436 g/mol. The fraction of sp³-hybridized carbons (Fsp3) is 0.476. The summed E-state index contributed by atoms with van der Waals surface area (Å²) in [5, 5.41) is 4.79. The van der Waals surface area contributed by atoms with E-state index in [1.807, 2.05) is 0 Å². The smallest absolute Gasteiger partial charge is 0.274 e. The number of thiophene rings is 1. The Balaban J connectivity index is 1.95. The average molecular weight is 437 g/mol. The van der Waals surface area contributed by atoms with Gasteiger partial charge in [0.2, 0.25) is 5.91 Å². The van der Waals surface area contributed by atoms with Crippen molar-refractivity contribution in [3.63, 3.8) is 0 Å². The highest BCUT2D eigenvalue weighted by Crippen LogP contribution is 2.35. The number of hydrogen-bond donors (Lipinski definition) is 1. The fourth-order valence-electron chi connectivity index (χ4n) is 3.72. The van der Waals surface area contributed by atoms with Crippen LogP contribution in [0.1, 0.15) is 45.4 Å². The van der Waals surface area contributed by atoms with Crippen LogP contribution in [0, 0.1) is 0 Å². The number of carbonyl (C=O) groups excluding carboxylic acids is 1. The minimum Gasteiger partial charge on any atom is -0.495 e. The van der Waals surface area contributed by atoms with Crippen molar-refractivity contribution in [3.8, 4) is 5.75 Å². The molecule has 1 aliphatic carbocycles. The van der Waals surface area contributed by atoms with E-state index in [1.165, 1.54) is 24.3 Å². The Morgan fingerprint density at radius 2 is 1.83 bits per heavy atom. The molecule has 3 rings (SSSR count). The number of benzene rings is 1. The molecule has 0 spiro atoms. The molecule has 1 fully saturated rings. The van der Waals surface area contributed by atoms with Gasteiger partial charge < -0.3 is 10.1 Å². The molecule has 0 saturated heterocycles. The van der Waals surface area contributed by atoms with Crippen LogP contribution in [0.25, 0.3) is 0 Å². The molecule has 29 heavy (non-hydrogen) atoms. The number of nitrogens with one attached hydrogen (secondary N) is 1. The highest BCUT2D eigenvalue weighted by Gasteiger charge is 2.36. The van der Waals surface area contributed by atoms with Gasteiger partial charge >= 0.3 is 0 Å². The first-order chi connectivity index (χ1) is 13.9. The predicted molar refractivity (Wildman–Crippen MR) is 116 cm³/mol. The zero-order chi connectivity index (χ0) is 20.9. The van der Waals surface area contributed by atoms with Crippen LogP contribution in [-0.2, 0) is 14.8 Å². The summed E-state index contributed by atoms with van der Waals surface area (Å²) in [6, 6.07) is 9.30. The van der Waals surface area contributed by atoms with Crippen molar-refractivity contribution >= 4 is 33.0 Å². The van der Waals surface area contributed by atoms with Crippen molar-refractivity contribution in [2.75, 3.05) is 11.4 Å². The number of nitrogens with zero attached hydrogens (tertiary/aromatic N) is 1. The minimum atomic E-state index is -3.92. The summed E-state index contributed by atoms with van der Waals surface area (Å²) >= 11 is 1.13. The molecule has 0 bridgehead atoms. The van der Waals surface area contributed by atoms with E-state index in [-0.39, 0.29) is 16.2 Å². The van der Waals surface area contributed by atoms with E-state index in [2.05, 4.69) is 5.32 Å². The van der Waals surface area contributed by atoms with E-state index in [0.717, 1.165) is 37.0 Å². The molecule has 1 N–H and O–H groups in total. The Morgan fingerprint density at radius 3 is 2.45 bits per heavy atom. The molecular weight excluding hydrogens is 408 g/mol. The predicted octanol–water partition coefficient (Wildman–Crippen LogP) is 4.18. The van der Waals surface area contributed by atoms with E-state index in [1.54, 1.807) is 48.7 Å². The Hall–Kier alpha value is -2.06. The Labute approximate surface area is 176 Å². The number of para-hydroxylation sites is 2. The van der Waals surface area contributed by atoms with Gasteiger partial charge in [0.05, 0.1) is 12.8 Å². The van der Waals surface area contributed by atoms with Crippen molar-refractivity contribution < 1.29 is 17.9 Å². The van der Waals surface area contributed by atoms with Gasteiger partial charge in [-0.15, -0.1) is 11.3 Å². The lowest BCUT2D eigenvalue weighted by molar-refractivity contribution is -0.122. The summed E-state index contributed by atoms with van der Waals surface area (Å²) in [6.07, 6.45) is 6.41. The molecule has 1 aromatic carbocycles. The zero-order valence-corrected chi connectivity index (χ0v) is 18.5. The molecule has 1 heterocycles. The summed E-state index contributed by atoms with van der Waals surface area (Å²) in [6.45, 7) is 1.63. The largest absolute Gasteiger partial charge is 0.495 e. The van der Waals surface area contributed by atoms with Crippen molar-refractivity contribution in [1.82, 2.24) is 5.32 Å². The van der Waals surface area contributed by atoms with Crippen LogP contribution in [0.5, 0.6) is 5.75 Å². The maximum Gasteiger partial charge on any atom is 0.274 e. The summed E-state index contributed by atoms with van der Waals surface area (Å²) in [4.78, 5) is 13.1. The van der Waals surface area contributed by atoms with Crippen LogP contribution in [0.3, 0.4) is 0 Å². The summed E-state index contributed by atoms with van der Waals surface area (Å²) in [5.74, 6) is 0.115. The average Bonchev–Trinajstić information content (AvgIpc) is 3.15. The van der Waals surface area contributed by atoms with Crippen LogP contribution in [0.15, 0.2) is 46.0 Å². The third-order valence-electron chi connectivity index (χ3n) is 5.26. The summed E-state index contributed by atoms with van der Waals surface area (Å²) in [7, 11) is -2.43. The standard InChI is InChI=1S/C21H28N2O4S2/c1-16(21(24)22-17-10-5-3-4-6-11-17)23(18-12-7-8-13-19(18)27-2)29(25,26)20-14-9-15-28-20/h7-9,12-17H,3-6,10-11H2,1-2H3,(H,22,24). The Bertz CT molecular complexity index is 905.